The lowest BCUT2D eigenvalue weighted by atomic mass is 10.2. The summed E-state index contributed by atoms with van der Waals surface area (Å²) in [4.78, 5) is 7.83. The first-order chi connectivity index (χ1) is 8.22. The van der Waals surface area contributed by atoms with Crippen molar-refractivity contribution in [1.29, 1.82) is 5.26 Å². The minimum atomic E-state index is 0.134. The average molecular weight is 226 g/mol. The minimum Gasteiger partial charge on any atom is -0.434 e. The third-order valence-electron chi connectivity index (χ3n) is 2.21. The van der Waals surface area contributed by atoms with Gasteiger partial charge in [-0.1, -0.05) is 12.1 Å². The Bertz CT molecular complexity index is 569. The van der Waals surface area contributed by atoms with E-state index in [-0.39, 0.29) is 11.6 Å². The molecule has 5 heteroatoms. The van der Waals surface area contributed by atoms with Crippen molar-refractivity contribution < 1.29 is 4.74 Å². The largest absolute Gasteiger partial charge is 0.434 e. The van der Waals surface area contributed by atoms with Crippen LogP contribution in [-0.2, 0) is 0 Å². The van der Waals surface area contributed by atoms with Crippen molar-refractivity contribution in [2.24, 2.45) is 0 Å². The summed E-state index contributed by atoms with van der Waals surface area (Å²) in [6.45, 7) is 1.87. The molecular weight excluding hydrogens is 216 g/mol. The average Bonchev–Trinajstić information content (AvgIpc) is 2.34. The molecule has 0 amide bonds. The first kappa shape index (κ1) is 10.9. The molecule has 0 unspecified atom stereocenters. The van der Waals surface area contributed by atoms with Crippen LogP contribution in [0.2, 0.25) is 0 Å². The second-order valence-corrected chi connectivity index (χ2v) is 3.42. The Hall–Kier alpha value is -2.61. The molecule has 0 spiro atoms. The highest BCUT2D eigenvalue weighted by atomic mass is 16.5. The molecule has 84 valence electrons. The van der Waals surface area contributed by atoms with Crippen LogP contribution in [0.3, 0.4) is 0 Å². The molecule has 2 aromatic rings. The Balaban J connectivity index is 2.42. The lowest BCUT2D eigenvalue weighted by Gasteiger charge is -2.10. The van der Waals surface area contributed by atoms with Gasteiger partial charge in [0.25, 0.3) is 5.88 Å². The lowest BCUT2D eigenvalue weighted by Crippen LogP contribution is -1.98. The van der Waals surface area contributed by atoms with E-state index in [1.165, 1.54) is 12.4 Å². The zero-order valence-electron chi connectivity index (χ0n) is 9.21. The van der Waals surface area contributed by atoms with E-state index in [4.69, 9.17) is 15.7 Å². The number of benzene rings is 1. The van der Waals surface area contributed by atoms with Gasteiger partial charge < -0.3 is 10.5 Å². The topological polar surface area (TPSA) is 84.8 Å². The zero-order valence-corrected chi connectivity index (χ0v) is 9.21. The third-order valence-corrected chi connectivity index (χ3v) is 2.21. The SMILES string of the molecule is Cc1cccc(N)c1Oc1nccnc1C#N. The maximum absolute atomic E-state index is 8.87. The number of nitrogens with two attached hydrogens (primary N) is 1. The van der Waals surface area contributed by atoms with Gasteiger partial charge in [-0.05, 0) is 18.6 Å². The smallest absolute Gasteiger partial charge is 0.256 e. The van der Waals surface area contributed by atoms with E-state index in [2.05, 4.69) is 9.97 Å². The Kier molecular flexibility index (Phi) is 2.88. The van der Waals surface area contributed by atoms with Crippen LogP contribution in [0.5, 0.6) is 11.6 Å². The maximum atomic E-state index is 8.87. The molecule has 2 N–H and O–H groups in total. The van der Waals surface area contributed by atoms with Crippen molar-refractivity contribution in [1.82, 2.24) is 9.97 Å². The van der Waals surface area contributed by atoms with E-state index >= 15 is 0 Å². The summed E-state index contributed by atoms with van der Waals surface area (Å²) in [7, 11) is 0. The molecule has 5 nitrogen and oxygen atoms in total. The monoisotopic (exact) mass is 226 g/mol. The second kappa shape index (κ2) is 4.49. The van der Waals surface area contributed by atoms with Crippen LogP contribution in [-0.4, -0.2) is 9.97 Å². The normalized spacial score (nSPS) is 9.65. The van der Waals surface area contributed by atoms with Crippen LogP contribution in [0.25, 0.3) is 0 Å². The fourth-order valence-corrected chi connectivity index (χ4v) is 1.39. The number of aromatic nitrogens is 2. The number of anilines is 1. The quantitative estimate of drug-likeness (QED) is 0.792. The maximum Gasteiger partial charge on any atom is 0.256 e. The van der Waals surface area contributed by atoms with E-state index in [0.29, 0.717) is 11.4 Å². The van der Waals surface area contributed by atoms with Crippen LogP contribution in [0.15, 0.2) is 30.6 Å². The number of hydrogen-bond acceptors (Lipinski definition) is 5. The molecule has 0 aliphatic rings. The highest BCUT2D eigenvalue weighted by Gasteiger charge is 2.10. The van der Waals surface area contributed by atoms with Crippen LogP contribution < -0.4 is 10.5 Å². The van der Waals surface area contributed by atoms with Gasteiger partial charge in [0.2, 0.25) is 5.69 Å². The summed E-state index contributed by atoms with van der Waals surface area (Å²) >= 11 is 0. The van der Waals surface area contributed by atoms with Crippen LogP contribution in [0, 0.1) is 18.3 Å². The second-order valence-electron chi connectivity index (χ2n) is 3.42. The molecule has 0 atom stereocenters. The molecule has 0 fully saturated rings. The molecule has 0 saturated heterocycles. The van der Waals surface area contributed by atoms with E-state index < -0.39 is 0 Å². The highest BCUT2D eigenvalue weighted by Crippen LogP contribution is 2.30. The Labute approximate surface area is 98.5 Å². The minimum absolute atomic E-state index is 0.134. The lowest BCUT2D eigenvalue weighted by molar-refractivity contribution is 0.457. The summed E-state index contributed by atoms with van der Waals surface area (Å²) in [5.41, 5.74) is 7.31. The Morgan fingerprint density at radius 1 is 1.29 bits per heavy atom. The van der Waals surface area contributed by atoms with Gasteiger partial charge >= 0.3 is 0 Å². The molecule has 1 aromatic heterocycles. The number of ether oxygens (including phenoxy) is 1. The van der Waals surface area contributed by atoms with E-state index in [0.717, 1.165) is 5.56 Å². The van der Waals surface area contributed by atoms with Gasteiger partial charge in [0.15, 0.2) is 5.75 Å². The molecule has 0 radical (unpaired) electrons. The standard InChI is InChI=1S/C12H10N4O/c1-8-3-2-4-9(14)11(8)17-12-10(7-13)15-5-6-16-12/h2-6H,14H2,1H3. The van der Waals surface area contributed by atoms with Gasteiger partial charge in [-0.2, -0.15) is 5.26 Å². The number of aryl methyl sites for hydroxylation is 1. The van der Waals surface area contributed by atoms with Gasteiger partial charge in [-0.15, -0.1) is 0 Å². The van der Waals surface area contributed by atoms with Gasteiger partial charge in [0.1, 0.15) is 6.07 Å². The van der Waals surface area contributed by atoms with Crippen molar-refractivity contribution in [2.45, 2.75) is 6.92 Å². The number of nitriles is 1. The van der Waals surface area contributed by atoms with Gasteiger partial charge in [0, 0.05) is 12.4 Å². The summed E-state index contributed by atoms with van der Waals surface area (Å²) in [5.74, 6) is 0.667. The predicted octanol–water partition coefficient (Wildman–Crippen LogP) is 2.03. The van der Waals surface area contributed by atoms with Gasteiger partial charge in [0.05, 0.1) is 5.69 Å². The molecule has 0 aliphatic heterocycles. The zero-order chi connectivity index (χ0) is 12.3. The van der Waals surface area contributed by atoms with E-state index in [9.17, 15) is 0 Å². The molecule has 0 bridgehead atoms. The van der Waals surface area contributed by atoms with Crippen molar-refractivity contribution in [2.75, 3.05) is 5.73 Å². The fraction of sp³-hybridized carbons (Fsp3) is 0.0833. The highest BCUT2D eigenvalue weighted by molar-refractivity contribution is 5.57. The number of para-hydroxylation sites is 1. The molecular formula is C12H10N4O. The van der Waals surface area contributed by atoms with Gasteiger partial charge in [-0.3, -0.25) is 0 Å². The summed E-state index contributed by atoms with van der Waals surface area (Å²) in [6.07, 6.45) is 2.90. The molecule has 0 aliphatic carbocycles. The molecule has 2 rings (SSSR count). The molecule has 1 aromatic carbocycles. The Morgan fingerprint density at radius 2 is 2.06 bits per heavy atom. The van der Waals surface area contributed by atoms with E-state index in [1.807, 2.05) is 25.1 Å². The van der Waals surface area contributed by atoms with Crippen molar-refractivity contribution in [3.05, 3.63) is 41.9 Å². The third kappa shape index (κ3) is 2.16. The number of hydrogen-bond donors (Lipinski definition) is 1. The Morgan fingerprint density at radius 3 is 2.76 bits per heavy atom. The van der Waals surface area contributed by atoms with Crippen molar-refractivity contribution in [3.63, 3.8) is 0 Å². The molecule has 1 heterocycles. The first-order valence-electron chi connectivity index (χ1n) is 4.96. The molecule has 0 saturated carbocycles. The van der Waals surface area contributed by atoms with E-state index in [1.54, 1.807) is 6.07 Å². The summed E-state index contributed by atoms with van der Waals surface area (Å²) in [6, 6.07) is 7.34. The van der Waals surface area contributed by atoms with Crippen molar-refractivity contribution >= 4 is 5.69 Å². The van der Waals surface area contributed by atoms with Crippen molar-refractivity contribution in [3.8, 4) is 17.7 Å². The van der Waals surface area contributed by atoms with Gasteiger partial charge in [-0.25, -0.2) is 9.97 Å². The summed E-state index contributed by atoms with van der Waals surface area (Å²) < 4.78 is 5.54. The summed E-state index contributed by atoms with van der Waals surface area (Å²) in [5, 5.41) is 8.87. The number of rotatable bonds is 2. The molecule has 17 heavy (non-hydrogen) atoms. The first-order valence-corrected chi connectivity index (χ1v) is 4.96. The van der Waals surface area contributed by atoms with Crippen LogP contribution in [0.1, 0.15) is 11.3 Å². The van der Waals surface area contributed by atoms with Crippen LogP contribution in [0.4, 0.5) is 5.69 Å². The number of nitrogen functional groups attached to an aromatic ring is 1. The predicted molar refractivity (Wildman–Crippen MR) is 62.4 cm³/mol. The number of nitrogens with zero attached hydrogens (tertiary/aromatic N) is 3. The van der Waals surface area contributed by atoms with Crippen LogP contribution >= 0.6 is 0 Å². The fourth-order valence-electron chi connectivity index (χ4n) is 1.39.